The SMILES string of the molecule is CC(C)[C@@H](CO)Nc1ccc(C(F)(F)F)c(C#N)c1. The van der Waals surface area contributed by atoms with E-state index in [4.69, 9.17) is 10.4 Å². The Morgan fingerprint density at radius 3 is 2.42 bits per heavy atom. The first kappa shape index (κ1) is 15.3. The molecular weight excluding hydrogens is 257 g/mol. The van der Waals surface area contributed by atoms with Gasteiger partial charge in [0, 0.05) is 5.69 Å². The molecule has 0 aliphatic carbocycles. The third-order valence-corrected chi connectivity index (χ3v) is 2.80. The summed E-state index contributed by atoms with van der Waals surface area (Å²) >= 11 is 0. The highest BCUT2D eigenvalue weighted by Gasteiger charge is 2.33. The van der Waals surface area contributed by atoms with E-state index in [0.29, 0.717) is 5.69 Å². The molecule has 0 saturated heterocycles. The lowest BCUT2D eigenvalue weighted by molar-refractivity contribution is -0.137. The molecule has 1 rings (SSSR count). The van der Waals surface area contributed by atoms with Crippen molar-refractivity contribution in [3.63, 3.8) is 0 Å². The lowest BCUT2D eigenvalue weighted by atomic mass is 10.0. The van der Waals surface area contributed by atoms with Gasteiger partial charge in [0.15, 0.2) is 0 Å². The Labute approximate surface area is 109 Å². The van der Waals surface area contributed by atoms with Crippen molar-refractivity contribution in [3.05, 3.63) is 29.3 Å². The number of hydrogen-bond acceptors (Lipinski definition) is 3. The van der Waals surface area contributed by atoms with Crippen LogP contribution < -0.4 is 5.32 Å². The van der Waals surface area contributed by atoms with Gasteiger partial charge in [-0.1, -0.05) is 13.8 Å². The van der Waals surface area contributed by atoms with Gasteiger partial charge in [-0.15, -0.1) is 0 Å². The van der Waals surface area contributed by atoms with Gasteiger partial charge in [-0.3, -0.25) is 0 Å². The number of halogens is 3. The Balaban J connectivity index is 3.05. The first-order valence-corrected chi connectivity index (χ1v) is 5.78. The zero-order valence-electron chi connectivity index (χ0n) is 10.6. The van der Waals surface area contributed by atoms with Crippen molar-refractivity contribution >= 4 is 5.69 Å². The molecule has 0 aromatic heterocycles. The summed E-state index contributed by atoms with van der Waals surface area (Å²) in [6.07, 6.45) is -4.54. The van der Waals surface area contributed by atoms with Crippen molar-refractivity contribution in [1.29, 1.82) is 5.26 Å². The fourth-order valence-electron chi connectivity index (χ4n) is 1.61. The summed E-state index contributed by atoms with van der Waals surface area (Å²) in [6, 6.07) is 4.54. The molecule has 0 bridgehead atoms. The van der Waals surface area contributed by atoms with Gasteiger partial charge in [0.05, 0.1) is 29.8 Å². The van der Waals surface area contributed by atoms with E-state index in [1.54, 1.807) is 6.07 Å². The lowest BCUT2D eigenvalue weighted by Gasteiger charge is -2.21. The molecule has 0 heterocycles. The van der Waals surface area contributed by atoms with Crippen molar-refractivity contribution < 1.29 is 18.3 Å². The predicted molar refractivity (Wildman–Crippen MR) is 65.5 cm³/mol. The van der Waals surface area contributed by atoms with Gasteiger partial charge in [-0.2, -0.15) is 18.4 Å². The van der Waals surface area contributed by atoms with Crippen LogP contribution in [0.1, 0.15) is 25.0 Å². The molecule has 3 nitrogen and oxygen atoms in total. The van der Waals surface area contributed by atoms with Gasteiger partial charge in [0.1, 0.15) is 0 Å². The average Bonchev–Trinajstić information content (AvgIpc) is 2.33. The van der Waals surface area contributed by atoms with E-state index in [2.05, 4.69) is 5.32 Å². The molecule has 0 aliphatic rings. The van der Waals surface area contributed by atoms with Crippen LogP contribution in [0.3, 0.4) is 0 Å². The van der Waals surface area contributed by atoms with Gasteiger partial charge < -0.3 is 10.4 Å². The zero-order valence-corrected chi connectivity index (χ0v) is 10.6. The van der Waals surface area contributed by atoms with Crippen LogP contribution >= 0.6 is 0 Å². The Morgan fingerprint density at radius 1 is 1.37 bits per heavy atom. The van der Waals surface area contributed by atoms with E-state index in [0.717, 1.165) is 12.1 Å². The minimum Gasteiger partial charge on any atom is -0.394 e. The number of aliphatic hydroxyl groups excluding tert-OH is 1. The second kappa shape index (κ2) is 5.93. The lowest BCUT2D eigenvalue weighted by Crippen LogP contribution is -2.29. The predicted octanol–water partition coefficient (Wildman–Crippen LogP) is 3.01. The third kappa shape index (κ3) is 3.86. The zero-order chi connectivity index (χ0) is 14.6. The number of hydrogen-bond donors (Lipinski definition) is 2. The number of rotatable bonds is 4. The minimum atomic E-state index is -4.54. The molecule has 19 heavy (non-hydrogen) atoms. The van der Waals surface area contributed by atoms with Crippen LogP contribution in [0.25, 0.3) is 0 Å². The highest BCUT2D eigenvalue weighted by molar-refractivity contribution is 5.54. The third-order valence-electron chi connectivity index (χ3n) is 2.80. The standard InChI is InChI=1S/C13H15F3N2O/c1-8(2)12(7-19)18-10-3-4-11(13(14,15)16)9(5-10)6-17/h3-5,8,12,18-19H,7H2,1-2H3/t12-/m1/s1. The molecule has 1 atom stereocenters. The van der Waals surface area contributed by atoms with Crippen molar-refractivity contribution in [1.82, 2.24) is 0 Å². The smallest absolute Gasteiger partial charge is 0.394 e. The van der Waals surface area contributed by atoms with E-state index < -0.39 is 17.3 Å². The molecule has 1 aromatic carbocycles. The summed E-state index contributed by atoms with van der Waals surface area (Å²) in [5, 5.41) is 20.9. The quantitative estimate of drug-likeness (QED) is 0.885. The van der Waals surface area contributed by atoms with Crippen LogP contribution in [0.2, 0.25) is 0 Å². The van der Waals surface area contributed by atoms with E-state index in [-0.39, 0.29) is 18.6 Å². The summed E-state index contributed by atoms with van der Waals surface area (Å²) in [6.45, 7) is 3.62. The Kier molecular flexibility index (Phi) is 4.78. The molecule has 0 radical (unpaired) electrons. The van der Waals surface area contributed by atoms with Crippen LogP contribution in [0.15, 0.2) is 18.2 Å². The minimum absolute atomic E-state index is 0.109. The molecule has 0 aliphatic heterocycles. The van der Waals surface area contributed by atoms with Crippen LogP contribution in [-0.2, 0) is 6.18 Å². The number of nitrogens with one attached hydrogen (secondary N) is 1. The van der Waals surface area contributed by atoms with Gasteiger partial charge in [0.25, 0.3) is 0 Å². The average molecular weight is 272 g/mol. The molecule has 2 N–H and O–H groups in total. The molecule has 0 unspecified atom stereocenters. The first-order chi connectivity index (χ1) is 8.79. The highest BCUT2D eigenvalue weighted by Crippen LogP contribution is 2.33. The second-order valence-electron chi connectivity index (χ2n) is 4.55. The monoisotopic (exact) mass is 272 g/mol. The van der Waals surface area contributed by atoms with Crippen molar-refractivity contribution in [2.45, 2.75) is 26.1 Å². The number of alkyl halides is 3. The van der Waals surface area contributed by atoms with E-state index in [1.807, 2.05) is 13.8 Å². The number of nitrogens with zero attached hydrogens (tertiary/aromatic N) is 1. The van der Waals surface area contributed by atoms with E-state index in [9.17, 15) is 13.2 Å². The number of aliphatic hydroxyl groups is 1. The first-order valence-electron chi connectivity index (χ1n) is 5.78. The summed E-state index contributed by atoms with van der Waals surface area (Å²) in [7, 11) is 0. The van der Waals surface area contributed by atoms with Crippen molar-refractivity contribution in [3.8, 4) is 6.07 Å². The molecular formula is C13H15F3N2O. The summed E-state index contributed by atoms with van der Waals surface area (Å²) in [5.74, 6) is 0.109. The van der Waals surface area contributed by atoms with Crippen molar-refractivity contribution in [2.75, 3.05) is 11.9 Å². The van der Waals surface area contributed by atoms with Gasteiger partial charge in [-0.25, -0.2) is 0 Å². The maximum absolute atomic E-state index is 12.6. The fraction of sp³-hybridized carbons (Fsp3) is 0.462. The number of nitriles is 1. The van der Waals surface area contributed by atoms with Gasteiger partial charge in [0.2, 0.25) is 0 Å². The molecule has 6 heteroatoms. The maximum atomic E-state index is 12.6. The summed E-state index contributed by atoms with van der Waals surface area (Å²) in [4.78, 5) is 0. The normalized spacial score (nSPS) is 13.2. The van der Waals surface area contributed by atoms with Crippen LogP contribution in [0.4, 0.5) is 18.9 Å². The Bertz CT molecular complexity index is 478. The van der Waals surface area contributed by atoms with Crippen LogP contribution in [0.5, 0.6) is 0 Å². The molecule has 0 fully saturated rings. The fourth-order valence-corrected chi connectivity index (χ4v) is 1.61. The Hall–Kier alpha value is -1.74. The number of benzene rings is 1. The van der Waals surface area contributed by atoms with Crippen LogP contribution in [-0.4, -0.2) is 17.8 Å². The second-order valence-corrected chi connectivity index (χ2v) is 4.55. The van der Waals surface area contributed by atoms with Gasteiger partial charge in [-0.05, 0) is 24.1 Å². The maximum Gasteiger partial charge on any atom is 0.417 e. The van der Waals surface area contributed by atoms with Gasteiger partial charge >= 0.3 is 6.18 Å². The Morgan fingerprint density at radius 2 is 2.00 bits per heavy atom. The molecule has 0 amide bonds. The topological polar surface area (TPSA) is 56.0 Å². The molecule has 104 valence electrons. The largest absolute Gasteiger partial charge is 0.417 e. The molecule has 0 spiro atoms. The highest BCUT2D eigenvalue weighted by atomic mass is 19.4. The van der Waals surface area contributed by atoms with E-state index in [1.165, 1.54) is 6.07 Å². The molecule has 0 saturated carbocycles. The molecule has 1 aromatic rings. The summed E-state index contributed by atoms with van der Waals surface area (Å²) in [5.41, 5.74) is -0.999. The summed E-state index contributed by atoms with van der Waals surface area (Å²) < 4.78 is 37.8. The van der Waals surface area contributed by atoms with E-state index >= 15 is 0 Å². The van der Waals surface area contributed by atoms with Crippen LogP contribution in [0, 0.1) is 17.2 Å². The number of anilines is 1. The van der Waals surface area contributed by atoms with Crippen molar-refractivity contribution in [2.24, 2.45) is 5.92 Å².